The van der Waals surface area contributed by atoms with Gasteiger partial charge in [-0.3, -0.25) is 0 Å². The third-order valence-corrected chi connectivity index (χ3v) is 4.39. The third-order valence-electron chi connectivity index (χ3n) is 4.39. The fourth-order valence-electron chi connectivity index (χ4n) is 2.78. The second-order valence-electron chi connectivity index (χ2n) is 6.82. The molecule has 2 aromatic rings. The van der Waals surface area contributed by atoms with Crippen LogP contribution in [0.2, 0.25) is 0 Å². The number of para-hydroxylation sites is 1. The first kappa shape index (κ1) is 26.9. The highest BCUT2D eigenvalue weighted by Gasteiger charge is 2.11. The van der Waals surface area contributed by atoms with Crippen molar-refractivity contribution in [2.24, 2.45) is 4.99 Å². The first-order valence-corrected chi connectivity index (χ1v) is 10.3. The lowest BCUT2D eigenvalue weighted by atomic mass is 10.1. The highest BCUT2D eigenvalue weighted by Crippen LogP contribution is 2.19. The van der Waals surface area contributed by atoms with E-state index in [1.165, 1.54) is 0 Å². The number of nitrogens with zero attached hydrogens (tertiary/aromatic N) is 1. The van der Waals surface area contributed by atoms with Crippen LogP contribution in [0, 0.1) is 0 Å². The second kappa shape index (κ2) is 15.7. The van der Waals surface area contributed by atoms with E-state index in [2.05, 4.69) is 22.2 Å². The number of aliphatic imine (C=N–C) groups is 1. The van der Waals surface area contributed by atoms with Gasteiger partial charge in [0.1, 0.15) is 12.4 Å². The van der Waals surface area contributed by atoms with Crippen molar-refractivity contribution in [2.45, 2.75) is 32.6 Å². The fraction of sp³-hybridized carbons (Fsp3) is 0.375. The minimum absolute atomic E-state index is 0. The number of rotatable bonds is 12. The zero-order chi connectivity index (χ0) is 21.6. The molecule has 0 saturated heterocycles. The van der Waals surface area contributed by atoms with Crippen LogP contribution in [0.1, 0.15) is 31.1 Å². The lowest BCUT2D eigenvalue weighted by molar-refractivity contribution is -0.000599. The van der Waals surface area contributed by atoms with Gasteiger partial charge >= 0.3 is 0 Å². The summed E-state index contributed by atoms with van der Waals surface area (Å²) in [5.74, 6) is 1.42. The average Bonchev–Trinajstić information content (AvgIpc) is 2.79. The summed E-state index contributed by atoms with van der Waals surface area (Å²) in [5, 5.41) is 16.6. The third kappa shape index (κ3) is 10.2. The molecule has 7 heteroatoms. The van der Waals surface area contributed by atoms with Crippen LogP contribution in [0.25, 0.3) is 0 Å². The first-order chi connectivity index (χ1) is 14.6. The van der Waals surface area contributed by atoms with Crippen LogP contribution in [-0.4, -0.2) is 43.5 Å². The Bertz CT molecular complexity index is 787. The van der Waals surface area contributed by atoms with Crippen LogP contribution in [0.4, 0.5) is 0 Å². The fourth-order valence-corrected chi connectivity index (χ4v) is 2.78. The molecule has 0 bridgehead atoms. The maximum Gasteiger partial charge on any atom is 0.191 e. The number of nitrogens with one attached hydrogen (secondary N) is 2. The minimum atomic E-state index is -0.650. The zero-order valence-corrected chi connectivity index (χ0v) is 20.6. The van der Waals surface area contributed by atoms with E-state index in [4.69, 9.17) is 9.47 Å². The van der Waals surface area contributed by atoms with Crippen molar-refractivity contribution in [1.29, 1.82) is 0 Å². The Balaban J connectivity index is 0.00000480. The predicted molar refractivity (Wildman–Crippen MR) is 137 cm³/mol. The molecule has 0 fully saturated rings. The average molecular weight is 539 g/mol. The van der Waals surface area contributed by atoms with Gasteiger partial charge in [0, 0.05) is 18.7 Å². The number of aliphatic hydroxyl groups is 1. The van der Waals surface area contributed by atoms with Crippen LogP contribution >= 0.6 is 24.0 Å². The number of guanidine groups is 1. The highest BCUT2D eigenvalue weighted by atomic mass is 127. The van der Waals surface area contributed by atoms with Crippen LogP contribution < -0.4 is 15.4 Å². The van der Waals surface area contributed by atoms with Crippen molar-refractivity contribution >= 4 is 29.9 Å². The van der Waals surface area contributed by atoms with Crippen LogP contribution in [-0.2, 0) is 11.3 Å². The van der Waals surface area contributed by atoms with Gasteiger partial charge < -0.3 is 25.2 Å². The van der Waals surface area contributed by atoms with Gasteiger partial charge in [0.05, 0.1) is 25.4 Å². The Labute approximate surface area is 202 Å². The Morgan fingerprint density at radius 3 is 2.55 bits per heavy atom. The lowest BCUT2D eigenvalue weighted by Crippen LogP contribution is -2.42. The molecule has 0 aliphatic carbocycles. The second-order valence-corrected chi connectivity index (χ2v) is 6.82. The van der Waals surface area contributed by atoms with Gasteiger partial charge in [0.25, 0.3) is 0 Å². The zero-order valence-electron chi connectivity index (χ0n) is 18.3. The first-order valence-electron chi connectivity index (χ1n) is 10.3. The molecule has 6 nitrogen and oxygen atoms in total. The molecule has 0 spiro atoms. The van der Waals surface area contributed by atoms with E-state index >= 15 is 0 Å². The number of hydrogen-bond acceptors (Lipinski definition) is 4. The Morgan fingerprint density at radius 2 is 1.84 bits per heavy atom. The number of aliphatic hydroxyl groups excluding tert-OH is 1. The van der Waals surface area contributed by atoms with Crippen LogP contribution in [0.3, 0.4) is 0 Å². The predicted octanol–water partition coefficient (Wildman–Crippen LogP) is 4.06. The molecule has 2 atom stereocenters. The van der Waals surface area contributed by atoms with Crippen molar-refractivity contribution in [1.82, 2.24) is 10.6 Å². The van der Waals surface area contributed by atoms with E-state index in [-0.39, 0.29) is 36.7 Å². The van der Waals surface area contributed by atoms with Crippen molar-refractivity contribution in [3.63, 3.8) is 0 Å². The highest BCUT2D eigenvalue weighted by molar-refractivity contribution is 14.0. The van der Waals surface area contributed by atoms with Crippen molar-refractivity contribution < 1.29 is 14.6 Å². The van der Waals surface area contributed by atoms with Gasteiger partial charge in [-0.25, -0.2) is 4.99 Å². The maximum atomic E-state index is 10.3. The molecule has 0 heterocycles. The summed E-state index contributed by atoms with van der Waals surface area (Å²) < 4.78 is 11.5. The van der Waals surface area contributed by atoms with E-state index < -0.39 is 6.10 Å². The summed E-state index contributed by atoms with van der Waals surface area (Å²) >= 11 is 0. The van der Waals surface area contributed by atoms with Crippen molar-refractivity contribution in [3.05, 3.63) is 78.4 Å². The van der Waals surface area contributed by atoms with E-state index in [9.17, 15) is 5.11 Å². The Kier molecular flexibility index (Phi) is 13.6. The molecule has 0 aliphatic heterocycles. The molecule has 0 radical (unpaired) electrons. The molecule has 2 unspecified atom stereocenters. The van der Waals surface area contributed by atoms with E-state index in [0.717, 1.165) is 23.4 Å². The van der Waals surface area contributed by atoms with Gasteiger partial charge in [-0.15, -0.1) is 24.0 Å². The maximum absolute atomic E-state index is 10.3. The molecule has 0 aromatic heterocycles. The lowest BCUT2D eigenvalue weighted by Gasteiger charge is -2.18. The normalized spacial score (nSPS) is 12.9. The van der Waals surface area contributed by atoms with Gasteiger partial charge in [0.2, 0.25) is 0 Å². The Hall–Kier alpha value is -2.10. The number of ether oxygens (including phenoxy) is 2. The van der Waals surface area contributed by atoms with Crippen molar-refractivity contribution in [3.8, 4) is 5.75 Å². The summed E-state index contributed by atoms with van der Waals surface area (Å²) in [5.41, 5.74) is 2.07. The smallest absolute Gasteiger partial charge is 0.191 e. The molecule has 2 rings (SSSR count). The molecule has 170 valence electrons. The number of hydrogen-bond donors (Lipinski definition) is 3. The summed E-state index contributed by atoms with van der Waals surface area (Å²) in [7, 11) is 0. The number of benzene rings is 2. The van der Waals surface area contributed by atoms with E-state index in [1.807, 2.05) is 68.4 Å². The summed E-state index contributed by atoms with van der Waals surface area (Å²) in [6.45, 7) is 9.86. The largest absolute Gasteiger partial charge is 0.489 e. The molecular weight excluding hydrogens is 505 g/mol. The van der Waals surface area contributed by atoms with E-state index in [1.54, 1.807) is 6.08 Å². The molecule has 31 heavy (non-hydrogen) atoms. The molecule has 2 aromatic carbocycles. The van der Waals surface area contributed by atoms with Crippen LogP contribution in [0.5, 0.6) is 5.75 Å². The van der Waals surface area contributed by atoms with Gasteiger partial charge in [-0.05, 0) is 25.5 Å². The van der Waals surface area contributed by atoms with Crippen molar-refractivity contribution in [2.75, 3.05) is 26.3 Å². The molecule has 0 aliphatic rings. The quantitative estimate of drug-likeness (QED) is 0.164. The van der Waals surface area contributed by atoms with Gasteiger partial charge in [-0.2, -0.15) is 0 Å². The standard InChI is InChI=1S/C24H33N3O3.HI/c1-4-15-29-23-14-10-9-13-21(23)16-26-24(25-5-2)27-17-22(28)18-30-19(3)20-11-7-6-8-12-20;/h4,6-14,19,22,28H,1,5,15-18H2,2-3H3,(H2,25,26,27);1H. The minimum Gasteiger partial charge on any atom is -0.489 e. The summed E-state index contributed by atoms with van der Waals surface area (Å²) in [6.07, 6.45) is 0.992. The summed E-state index contributed by atoms with van der Waals surface area (Å²) in [6, 6.07) is 17.8. The number of halogens is 1. The van der Waals surface area contributed by atoms with Crippen LogP contribution in [0.15, 0.2) is 72.2 Å². The van der Waals surface area contributed by atoms with E-state index in [0.29, 0.717) is 25.7 Å². The monoisotopic (exact) mass is 539 g/mol. The molecule has 0 saturated carbocycles. The Morgan fingerprint density at radius 1 is 1.13 bits per heavy atom. The molecule has 3 N–H and O–H groups in total. The topological polar surface area (TPSA) is 75.1 Å². The van der Waals surface area contributed by atoms with Gasteiger partial charge in [0.15, 0.2) is 5.96 Å². The molecular formula is C24H34IN3O3. The van der Waals surface area contributed by atoms with Gasteiger partial charge in [-0.1, -0.05) is 61.2 Å². The molecule has 0 amide bonds. The SMILES string of the molecule is C=CCOc1ccccc1CN=C(NCC)NCC(O)COC(C)c1ccccc1.I. The summed E-state index contributed by atoms with van der Waals surface area (Å²) in [4.78, 5) is 4.60.